The summed E-state index contributed by atoms with van der Waals surface area (Å²) in [5, 5.41) is 38.8. The highest BCUT2D eigenvalue weighted by Gasteiger charge is 2.52. The van der Waals surface area contributed by atoms with Crippen molar-refractivity contribution in [1.82, 2.24) is 35.1 Å². The van der Waals surface area contributed by atoms with E-state index in [0.29, 0.717) is 59.0 Å². The number of hydrogen-bond donors (Lipinski definition) is 8. The number of carbonyl (C=O) groups is 5. The molecule has 10 atom stereocenters. The molecule has 2 saturated heterocycles. The third-order valence-corrected chi connectivity index (χ3v) is 17.0. The zero-order valence-corrected chi connectivity index (χ0v) is 46.2. The molecule has 0 radical (unpaired) electrons. The van der Waals surface area contributed by atoms with Gasteiger partial charge in [-0.1, -0.05) is 27.2 Å². The number of Topliss-reactive ketones (excluding diaryl/α,β-unsaturated/α-hetero) is 1. The van der Waals surface area contributed by atoms with Crippen molar-refractivity contribution in [3.63, 3.8) is 0 Å². The monoisotopic (exact) mass is 1160 g/mol. The van der Waals surface area contributed by atoms with Crippen molar-refractivity contribution in [3.05, 3.63) is 22.8 Å². The number of phosphoric acid groups is 1. The summed E-state index contributed by atoms with van der Waals surface area (Å²) in [4.78, 5) is 108. The maximum atomic E-state index is 13.7. The summed E-state index contributed by atoms with van der Waals surface area (Å²) in [7, 11) is -15.7. The first-order chi connectivity index (χ1) is 35.7. The van der Waals surface area contributed by atoms with E-state index >= 15 is 0 Å². The van der Waals surface area contributed by atoms with E-state index in [1.807, 2.05) is 6.92 Å². The smallest absolute Gasteiger partial charge is 0.538 e. The molecule has 430 valence electrons. The minimum absolute atomic E-state index is 0.00334. The van der Waals surface area contributed by atoms with Crippen LogP contribution in [0.4, 0.5) is 5.82 Å². The minimum atomic E-state index is -5.51. The zero-order chi connectivity index (χ0) is 56.4. The van der Waals surface area contributed by atoms with Crippen LogP contribution in [-0.4, -0.2) is 175 Å². The van der Waals surface area contributed by atoms with Crippen LogP contribution in [0.5, 0.6) is 0 Å². The molecule has 2 aliphatic rings. The maximum Gasteiger partial charge on any atom is 0.538 e. The molecule has 7 unspecified atom stereocenters. The van der Waals surface area contributed by atoms with Gasteiger partial charge in [0.15, 0.2) is 17.7 Å². The summed E-state index contributed by atoms with van der Waals surface area (Å²) < 4.78 is 76.6. The number of aliphatic hydroxyl groups is 2. The first-order valence-electron chi connectivity index (χ1n) is 24.2. The Kier molecular flexibility index (Phi) is 25.5. The normalized spacial score (nSPS) is 22.0. The van der Waals surface area contributed by atoms with E-state index in [9.17, 15) is 67.8 Å². The minimum Gasteiger partial charge on any atom is -0.628 e. The second-order valence-corrected chi connectivity index (χ2v) is 24.7. The fourth-order valence-corrected chi connectivity index (χ4v) is 12.1. The van der Waals surface area contributed by atoms with Gasteiger partial charge in [-0.05, 0) is 32.6 Å². The molecule has 4 amide bonds. The predicted octanol–water partition coefficient (Wildman–Crippen LogP) is 0.801. The average molecular weight is 1160 g/mol. The Balaban J connectivity index is 1.16. The van der Waals surface area contributed by atoms with Gasteiger partial charge in [0, 0.05) is 68.0 Å². The van der Waals surface area contributed by atoms with Gasteiger partial charge in [0.2, 0.25) is 23.6 Å². The van der Waals surface area contributed by atoms with Crippen molar-refractivity contribution >= 4 is 81.5 Å². The molecular formula is C41H69N10O21P3S. The molecule has 9 N–H and O–H groups in total. The number of aliphatic hydroxyl groups excluding tert-OH is 2. The van der Waals surface area contributed by atoms with Crippen molar-refractivity contribution in [2.24, 2.45) is 10.4 Å². The van der Waals surface area contributed by atoms with Gasteiger partial charge in [0.05, 0.1) is 51.2 Å². The molecule has 0 spiro atoms. The largest absolute Gasteiger partial charge is 0.628 e. The number of anilines is 1. The molecule has 35 heteroatoms. The number of fused-ring (bicyclic) bond motifs is 1. The van der Waals surface area contributed by atoms with Crippen LogP contribution >= 0.6 is 35.1 Å². The Morgan fingerprint density at radius 3 is 2.47 bits per heavy atom. The Labute approximate surface area is 441 Å². The highest BCUT2D eigenvalue weighted by molar-refractivity contribution is 8.00. The van der Waals surface area contributed by atoms with Gasteiger partial charge in [0.1, 0.15) is 42.0 Å². The number of nitrogen functional groups attached to an aromatic ring is 1. The lowest BCUT2D eigenvalue weighted by atomic mass is 9.87. The summed E-state index contributed by atoms with van der Waals surface area (Å²) in [6.45, 7) is 6.07. The number of unbranched alkanes of at least 4 members (excludes halogenated alkanes) is 2. The molecule has 4 heterocycles. The third kappa shape index (κ3) is 19.5. The lowest BCUT2D eigenvalue weighted by Crippen LogP contribution is -2.99. The van der Waals surface area contributed by atoms with Gasteiger partial charge < -0.3 is 55.8 Å². The van der Waals surface area contributed by atoms with Gasteiger partial charge in [0.25, 0.3) is 0 Å². The summed E-state index contributed by atoms with van der Waals surface area (Å²) in [6.07, 6.45) is -3.02. The number of thioether (sulfide) groups is 1. The number of hydroxylamine groups is 1. The number of nitroso groups, excluding NO2 is 1. The Bertz CT molecular complexity index is 2440. The number of carbonyl (C=O) groups excluding carboxylic acids is 5. The van der Waals surface area contributed by atoms with E-state index in [1.54, 1.807) is 0 Å². The number of hydrogen-bond acceptors (Lipinski definition) is 24. The van der Waals surface area contributed by atoms with Crippen LogP contribution in [0.3, 0.4) is 0 Å². The number of quaternary nitrogens is 1. The van der Waals surface area contributed by atoms with Crippen LogP contribution < -0.4 is 21.2 Å². The predicted molar refractivity (Wildman–Crippen MR) is 268 cm³/mol. The van der Waals surface area contributed by atoms with E-state index in [2.05, 4.69) is 37.5 Å². The van der Waals surface area contributed by atoms with Crippen LogP contribution in [0.2, 0.25) is 0 Å². The van der Waals surface area contributed by atoms with Crippen molar-refractivity contribution in [2.45, 2.75) is 127 Å². The number of imide groups is 1. The third-order valence-electron chi connectivity index (χ3n) is 11.7. The van der Waals surface area contributed by atoms with Crippen LogP contribution in [0.25, 0.3) is 11.2 Å². The molecule has 31 nitrogen and oxygen atoms in total. The van der Waals surface area contributed by atoms with Crippen molar-refractivity contribution < 1.29 is 94.6 Å². The van der Waals surface area contributed by atoms with Crippen LogP contribution in [0.15, 0.2) is 17.6 Å². The standard InChI is InChI=1S/C41H69N10O21P3S/c1-6-7-17-66-18-19-67-26(2)11-12-27(52)10-8-9-16-50-31(54)21-29(39(50)58)76-20-15-43-30(53)13-14-44-38(57)35(56)41(3,4)23-69-73(61,48-59)72-74(62,49(5)60)68-22-28-34(71-75(63,64)65)33(55)40(70-28)51-25-47-32-36(42)45-24-46-37(32)51/h24-26,28-29,33-35,40,49,55-56H,6-23H2,1-5H3,(H,43,53)(H,44,57)(H2,42,45,46)(H2,63,64,65)/t26?,28-,29?,33?,34?,35+,40-,73?,74?/m1/s1. The fraction of sp³-hybridized carbons (Fsp3) is 0.756. The summed E-state index contributed by atoms with van der Waals surface area (Å²) in [6, 6.07) is 0. The molecule has 4 rings (SSSR count). The van der Waals surface area contributed by atoms with Gasteiger partial charge in [-0.3, -0.25) is 51.8 Å². The van der Waals surface area contributed by atoms with Gasteiger partial charge in [-0.15, -0.1) is 16.7 Å². The Morgan fingerprint density at radius 1 is 1.05 bits per heavy atom. The number of amides is 4. The van der Waals surface area contributed by atoms with Crippen LogP contribution in [0, 0.1) is 15.5 Å². The first kappa shape index (κ1) is 64.7. The number of likely N-dealkylation sites (tertiary alicyclic amines) is 1. The number of nitrogens with zero attached hydrogens (tertiary/aromatic N) is 6. The summed E-state index contributed by atoms with van der Waals surface area (Å²) in [5.74, 6) is -1.89. The highest BCUT2D eigenvalue weighted by atomic mass is 32.2. The quantitative estimate of drug-likeness (QED) is 0.0152. The molecule has 2 fully saturated rings. The Morgan fingerprint density at radius 2 is 1.79 bits per heavy atom. The number of ketones is 1. The summed E-state index contributed by atoms with van der Waals surface area (Å²) >= 11 is 1.20. The molecule has 0 bridgehead atoms. The molecule has 2 aromatic rings. The number of rotatable bonds is 37. The fourth-order valence-electron chi connectivity index (χ4n) is 7.37. The number of ether oxygens (including phenoxy) is 3. The van der Waals surface area contributed by atoms with Gasteiger partial charge in [-0.2, -0.15) is 4.31 Å². The van der Waals surface area contributed by atoms with E-state index in [4.69, 9.17) is 37.8 Å². The molecule has 0 saturated carbocycles. The number of phosphoric ester groups is 1. The molecule has 0 aromatic carbocycles. The molecule has 2 aliphatic heterocycles. The topological polar surface area (TPSA) is 436 Å². The second-order valence-electron chi connectivity index (χ2n) is 18.3. The van der Waals surface area contributed by atoms with Gasteiger partial charge >= 0.3 is 23.3 Å². The van der Waals surface area contributed by atoms with E-state index < -0.39 is 94.5 Å². The zero-order valence-electron chi connectivity index (χ0n) is 42.7. The van der Waals surface area contributed by atoms with E-state index in [-0.39, 0.29) is 78.9 Å². The SMILES string of the molecule is CCCCOCCOC(C)CCC(=O)CCCCN1C(=O)CC(SCCNC(=O)CCNC(=O)[C@H](O)C(C)(C)COP(=O)(N=O)OP(=O)(OC[C@H]2O[C@@H](n3cnc4c(N)ncnc43)C(O)C2OP(=O)(O)O)[NH+](C)[O-])C1=O. The lowest BCUT2D eigenvalue weighted by Gasteiger charge is -2.31. The highest BCUT2D eigenvalue weighted by Crippen LogP contribution is 2.62. The molecule has 0 aliphatic carbocycles. The number of aromatic nitrogens is 4. The molecular weight excluding hydrogens is 1090 g/mol. The Hall–Kier alpha value is -3.78. The number of nitrogens with two attached hydrogens (primary N) is 1. The number of imidazole rings is 1. The van der Waals surface area contributed by atoms with E-state index in [1.165, 1.54) is 30.5 Å². The summed E-state index contributed by atoms with van der Waals surface area (Å²) in [5.41, 5.74) is 4.16. The average Bonchev–Trinajstić information content (AvgIpc) is 4.01. The van der Waals surface area contributed by atoms with Crippen molar-refractivity contribution in [1.29, 1.82) is 0 Å². The van der Waals surface area contributed by atoms with Crippen LogP contribution in [-0.2, 0) is 69.8 Å². The van der Waals surface area contributed by atoms with E-state index in [0.717, 1.165) is 30.1 Å². The first-order valence-corrected chi connectivity index (χ1v) is 29.8. The second kappa shape index (κ2) is 30.0. The number of nitrogens with one attached hydrogen (secondary N) is 3. The lowest BCUT2D eigenvalue weighted by molar-refractivity contribution is -0.702. The van der Waals surface area contributed by atoms with Gasteiger partial charge in [-0.25, -0.2) is 28.6 Å². The van der Waals surface area contributed by atoms with Crippen LogP contribution in [0.1, 0.15) is 91.7 Å². The van der Waals surface area contributed by atoms with Crippen molar-refractivity contribution in [3.8, 4) is 0 Å². The maximum absolute atomic E-state index is 13.7. The van der Waals surface area contributed by atoms with Crippen molar-refractivity contribution in [2.75, 3.05) is 71.2 Å². The molecule has 2 aromatic heterocycles. The molecule has 76 heavy (non-hydrogen) atoms.